The second kappa shape index (κ2) is 3.05. The van der Waals surface area contributed by atoms with Crippen LogP contribution in [0.15, 0.2) is 24.7 Å². The highest BCUT2D eigenvalue weighted by Gasteiger charge is 2.26. The molecule has 2 aromatic heterocycles. The topological polar surface area (TPSA) is 69.6 Å². The minimum absolute atomic E-state index is 0.302. The van der Waals surface area contributed by atoms with Gasteiger partial charge in [0, 0.05) is 24.2 Å². The molecule has 1 aliphatic carbocycles. The van der Waals surface area contributed by atoms with Crippen molar-refractivity contribution < 1.29 is 0 Å². The smallest absolute Gasteiger partial charge is 0.219 e. The number of anilines is 1. The van der Waals surface area contributed by atoms with Crippen molar-refractivity contribution in [2.45, 2.75) is 18.9 Å². The van der Waals surface area contributed by atoms with Crippen LogP contribution in [0.4, 0.5) is 5.95 Å². The average molecular weight is 201 g/mol. The molecule has 0 unspecified atom stereocenters. The van der Waals surface area contributed by atoms with Gasteiger partial charge in [-0.2, -0.15) is 5.10 Å². The molecule has 0 atom stereocenters. The molecule has 3 rings (SSSR count). The molecule has 1 fully saturated rings. The van der Waals surface area contributed by atoms with E-state index in [4.69, 9.17) is 5.73 Å². The van der Waals surface area contributed by atoms with Crippen molar-refractivity contribution in [3.05, 3.63) is 24.7 Å². The second-order valence-electron chi connectivity index (χ2n) is 3.72. The molecule has 5 nitrogen and oxygen atoms in total. The highest BCUT2D eigenvalue weighted by atomic mass is 15.3. The summed E-state index contributed by atoms with van der Waals surface area (Å²) in [5, 5.41) is 4.31. The van der Waals surface area contributed by atoms with Crippen LogP contribution in [-0.4, -0.2) is 19.7 Å². The molecule has 2 aromatic rings. The fourth-order valence-corrected chi connectivity index (χ4v) is 1.62. The first-order valence-electron chi connectivity index (χ1n) is 4.96. The van der Waals surface area contributed by atoms with Crippen molar-refractivity contribution >= 4 is 5.95 Å². The lowest BCUT2D eigenvalue weighted by Gasteiger charge is -2.04. The maximum atomic E-state index is 5.45. The van der Waals surface area contributed by atoms with Crippen LogP contribution in [0.3, 0.4) is 0 Å². The molecule has 0 saturated heterocycles. The van der Waals surface area contributed by atoms with Crippen LogP contribution in [0.5, 0.6) is 0 Å². The number of nitrogen functional groups attached to an aromatic ring is 1. The minimum Gasteiger partial charge on any atom is -0.368 e. The standard InChI is InChI=1S/C10H11N5/c11-10-12-5-7(6-13-10)9-3-4-14-15(9)8-1-2-8/h3-6,8H,1-2H2,(H2,11,12,13). The number of aromatic nitrogens is 4. The molecule has 0 aromatic carbocycles. The molecule has 1 aliphatic rings. The predicted octanol–water partition coefficient (Wildman–Crippen LogP) is 1.26. The largest absolute Gasteiger partial charge is 0.368 e. The van der Waals surface area contributed by atoms with E-state index in [0.29, 0.717) is 12.0 Å². The van der Waals surface area contributed by atoms with Crippen LogP contribution in [0.1, 0.15) is 18.9 Å². The van der Waals surface area contributed by atoms with E-state index in [-0.39, 0.29) is 0 Å². The Balaban J connectivity index is 2.04. The van der Waals surface area contributed by atoms with Crippen LogP contribution >= 0.6 is 0 Å². The van der Waals surface area contributed by atoms with Crippen LogP contribution in [0, 0.1) is 0 Å². The van der Waals surface area contributed by atoms with Crippen LogP contribution in [0.2, 0.25) is 0 Å². The summed E-state index contributed by atoms with van der Waals surface area (Å²) < 4.78 is 2.04. The monoisotopic (exact) mass is 201 g/mol. The van der Waals surface area contributed by atoms with Crippen LogP contribution in [0.25, 0.3) is 11.3 Å². The van der Waals surface area contributed by atoms with Gasteiger partial charge < -0.3 is 5.73 Å². The first-order chi connectivity index (χ1) is 7.34. The molecule has 0 amide bonds. The molecule has 5 heteroatoms. The van der Waals surface area contributed by atoms with Gasteiger partial charge in [-0.15, -0.1) is 0 Å². The highest BCUT2D eigenvalue weighted by Crippen LogP contribution is 2.37. The van der Waals surface area contributed by atoms with Crippen molar-refractivity contribution in [2.24, 2.45) is 0 Å². The van der Waals surface area contributed by atoms with Gasteiger partial charge in [0.25, 0.3) is 0 Å². The summed E-state index contributed by atoms with van der Waals surface area (Å²) in [4.78, 5) is 7.96. The van der Waals surface area contributed by atoms with Gasteiger partial charge in [0.05, 0.1) is 11.7 Å². The average Bonchev–Trinajstić information content (AvgIpc) is 2.98. The Kier molecular flexibility index (Phi) is 1.71. The fraction of sp³-hybridized carbons (Fsp3) is 0.300. The maximum absolute atomic E-state index is 5.45. The molecule has 0 spiro atoms. The van der Waals surface area contributed by atoms with E-state index >= 15 is 0 Å². The molecule has 76 valence electrons. The van der Waals surface area contributed by atoms with E-state index in [1.165, 1.54) is 12.8 Å². The van der Waals surface area contributed by atoms with E-state index < -0.39 is 0 Å². The van der Waals surface area contributed by atoms with Crippen molar-refractivity contribution in [1.82, 2.24) is 19.7 Å². The number of hydrogen-bond acceptors (Lipinski definition) is 4. The summed E-state index contributed by atoms with van der Waals surface area (Å²) >= 11 is 0. The number of hydrogen-bond donors (Lipinski definition) is 1. The first-order valence-corrected chi connectivity index (χ1v) is 4.96. The summed E-state index contributed by atoms with van der Waals surface area (Å²) in [6.45, 7) is 0. The van der Waals surface area contributed by atoms with Gasteiger partial charge in [-0.3, -0.25) is 4.68 Å². The van der Waals surface area contributed by atoms with Gasteiger partial charge >= 0.3 is 0 Å². The zero-order valence-electron chi connectivity index (χ0n) is 8.17. The zero-order valence-corrected chi connectivity index (χ0v) is 8.17. The third-order valence-corrected chi connectivity index (χ3v) is 2.53. The lowest BCUT2D eigenvalue weighted by molar-refractivity contribution is 0.648. The summed E-state index contributed by atoms with van der Waals surface area (Å²) in [7, 11) is 0. The van der Waals surface area contributed by atoms with Gasteiger partial charge in [-0.1, -0.05) is 0 Å². The van der Waals surface area contributed by atoms with Gasteiger partial charge in [-0.05, 0) is 18.9 Å². The summed E-state index contributed by atoms with van der Waals surface area (Å²) in [6.07, 6.45) is 7.70. The Morgan fingerprint density at radius 2 is 2.00 bits per heavy atom. The molecule has 0 bridgehead atoms. The van der Waals surface area contributed by atoms with Gasteiger partial charge in [0.1, 0.15) is 0 Å². The molecular formula is C10H11N5. The van der Waals surface area contributed by atoms with Crippen molar-refractivity contribution in [2.75, 3.05) is 5.73 Å². The molecule has 15 heavy (non-hydrogen) atoms. The summed E-state index contributed by atoms with van der Waals surface area (Å²) in [5.41, 5.74) is 7.48. The van der Waals surface area contributed by atoms with Crippen LogP contribution < -0.4 is 5.73 Å². The minimum atomic E-state index is 0.302. The maximum Gasteiger partial charge on any atom is 0.219 e. The third-order valence-electron chi connectivity index (χ3n) is 2.53. The Bertz CT molecular complexity index is 469. The Morgan fingerprint density at radius 1 is 1.27 bits per heavy atom. The highest BCUT2D eigenvalue weighted by molar-refractivity contribution is 5.57. The SMILES string of the molecule is Nc1ncc(-c2ccnn2C2CC2)cn1. The van der Waals surface area contributed by atoms with Crippen molar-refractivity contribution in [1.29, 1.82) is 0 Å². The zero-order chi connectivity index (χ0) is 10.3. The normalized spacial score (nSPS) is 15.5. The van der Waals surface area contributed by atoms with Crippen LogP contribution in [-0.2, 0) is 0 Å². The Hall–Kier alpha value is -1.91. The van der Waals surface area contributed by atoms with Crippen molar-refractivity contribution in [3.8, 4) is 11.3 Å². The number of rotatable bonds is 2. The van der Waals surface area contributed by atoms with Crippen molar-refractivity contribution in [3.63, 3.8) is 0 Å². The van der Waals surface area contributed by atoms with E-state index in [2.05, 4.69) is 15.1 Å². The van der Waals surface area contributed by atoms with E-state index in [0.717, 1.165) is 11.3 Å². The van der Waals surface area contributed by atoms with E-state index in [1.807, 2.05) is 16.9 Å². The second-order valence-corrected chi connectivity index (χ2v) is 3.72. The molecule has 2 N–H and O–H groups in total. The Labute approximate surface area is 87.0 Å². The number of nitrogens with two attached hydrogens (primary N) is 1. The molecule has 1 saturated carbocycles. The number of nitrogens with zero attached hydrogens (tertiary/aromatic N) is 4. The summed E-state index contributed by atoms with van der Waals surface area (Å²) in [6, 6.07) is 2.54. The molecule has 0 aliphatic heterocycles. The lowest BCUT2D eigenvalue weighted by atomic mass is 10.2. The Morgan fingerprint density at radius 3 is 2.67 bits per heavy atom. The van der Waals surface area contributed by atoms with Gasteiger partial charge in [0.15, 0.2) is 0 Å². The molecular weight excluding hydrogens is 190 g/mol. The predicted molar refractivity (Wildman–Crippen MR) is 55.9 cm³/mol. The first kappa shape index (κ1) is 8.40. The summed E-state index contributed by atoms with van der Waals surface area (Å²) in [5.74, 6) is 0.302. The lowest BCUT2D eigenvalue weighted by Crippen LogP contribution is -2.00. The van der Waals surface area contributed by atoms with Gasteiger partial charge in [-0.25, -0.2) is 9.97 Å². The fourth-order valence-electron chi connectivity index (χ4n) is 1.62. The molecule has 0 radical (unpaired) electrons. The molecule has 2 heterocycles. The van der Waals surface area contributed by atoms with E-state index in [9.17, 15) is 0 Å². The van der Waals surface area contributed by atoms with Gasteiger partial charge in [0.2, 0.25) is 5.95 Å². The third kappa shape index (κ3) is 1.45. The van der Waals surface area contributed by atoms with E-state index in [1.54, 1.807) is 12.4 Å². The quantitative estimate of drug-likeness (QED) is 0.794.